The van der Waals surface area contributed by atoms with Crippen molar-refractivity contribution in [3.8, 4) is 5.75 Å². The largest absolute Gasteiger partial charge is 0.497 e. The minimum Gasteiger partial charge on any atom is -0.497 e. The maximum Gasteiger partial charge on any atom is 0.321 e. The first-order valence-electron chi connectivity index (χ1n) is 11.4. The molecule has 2 aliphatic heterocycles. The van der Waals surface area contributed by atoms with Gasteiger partial charge in [0, 0.05) is 42.5 Å². The number of ether oxygens (including phenoxy) is 1. The average Bonchev–Trinajstić information content (AvgIpc) is 2.86. The highest BCUT2D eigenvalue weighted by atomic mass is 19.1. The van der Waals surface area contributed by atoms with Crippen molar-refractivity contribution in [3.05, 3.63) is 88.1 Å². The van der Waals surface area contributed by atoms with Crippen LogP contribution in [-0.4, -0.2) is 41.6 Å². The summed E-state index contributed by atoms with van der Waals surface area (Å²) in [5, 5.41) is 5.58. The third-order valence-corrected chi connectivity index (χ3v) is 6.59. The Morgan fingerprint density at radius 2 is 1.69 bits per heavy atom. The number of methoxy groups -OCH3 is 1. The molecule has 2 N–H and O–H groups in total. The number of fused-ring (bicyclic) bond motifs is 4. The number of carbonyl (C=O) groups excluding carboxylic acids is 2. The van der Waals surface area contributed by atoms with Gasteiger partial charge in [-0.05, 0) is 73.0 Å². The van der Waals surface area contributed by atoms with Crippen LogP contribution >= 0.6 is 0 Å². The Morgan fingerprint density at radius 3 is 2.40 bits per heavy atom. The molecular weight excluding hydrogens is 451 g/mol. The van der Waals surface area contributed by atoms with E-state index in [-0.39, 0.29) is 34.7 Å². The zero-order valence-corrected chi connectivity index (χ0v) is 19.2. The summed E-state index contributed by atoms with van der Waals surface area (Å²) in [6, 6.07) is 15.6. The molecule has 2 atom stereocenters. The van der Waals surface area contributed by atoms with Gasteiger partial charge in [-0.2, -0.15) is 0 Å². The number of nitrogens with zero attached hydrogens (tertiary/aromatic N) is 2. The number of aromatic nitrogens is 1. The molecule has 3 amide bonds. The molecular formula is C26H25FN4O4. The van der Waals surface area contributed by atoms with E-state index in [9.17, 15) is 18.8 Å². The Kier molecular flexibility index (Phi) is 5.98. The van der Waals surface area contributed by atoms with E-state index in [1.807, 2.05) is 6.07 Å². The summed E-state index contributed by atoms with van der Waals surface area (Å²) in [7, 11) is 1.59. The third-order valence-electron chi connectivity index (χ3n) is 6.59. The summed E-state index contributed by atoms with van der Waals surface area (Å²) < 4.78 is 20.0. The number of rotatable bonds is 4. The molecule has 2 aromatic carbocycles. The molecule has 1 saturated heterocycles. The summed E-state index contributed by atoms with van der Waals surface area (Å²) in [5.41, 5.74) is 1.71. The van der Waals surface area contributed by atoms with Gasteiger partial charge in [-0.15, -0.1) is 0 Å². The van der Waals surface area contributed by atoms with Crippen molar-refractivity contribution in [1.29, 1.82) is 0 Å². The van der Waals surface area contributed by atoms with Crippen LogP contribution in [0.2, 0.25) is 0 Å². The molecule has 1 fully saturated rings. The minimum atomic E-state index is -0.472. The van der Waals surface area contributed by atoms with Gasteiger partial charge in [-0.25, -0.2) is 9.18 Å². The number of hydrogen-bond acceptors (Lipinski definition) is 4. The molecule has 3 heterocycles. The Balaban J connectivity index is 1.30. The highest BCUT2D eigenvalue weighted by Gasteiger charge is 2.36. The first kappa shape index (κ1) is 22.6. The molecule has 5 rings (SSSR count). The van der Waals surface area contributed by atoms with Crippen LogP contribution < -0.4 is 20.9 Å². The fourth-order valence-corrected chi connectivity index (χ4v) is 4.88. The predicted molar refractivity (Wildman–Crippen MR) is 129 cm³/mol. The lowest BCUT2D eigenvalue weighted by Gasteiger charge is -2.42. The highest BCUT2D eigenvalue weighted by molar-refractivity contribution is 6.04. The van der Waals surface area contributed by atoms with Crippen LogP contribution in [-0.2, 0) is 6.54 Å². The van der Waals surface area contributed by atoms with E-state index >= 15 is 0 Å². The van der Waals surface area contributed by atoms with Crippen molar-refractivity contribution < 1.29 is 18.7 Å². The van der Waals surface area contributed by atoms with Gasteiger partial charge in [0.05, 0.1) is 7.11 Å². The monoisotopic (exact) mass is 476 g/mol. The van der Waals surface area contributed by atoms with Crippen LogP contribution in [0.4, 0.5) is 20.6 Å². The predicted octanol–water partition coefficient (Wildman–Crippen LogP) is 3.90. The molecule has 0 spiro atoms. The van der Waals surface area contributed by atoms with Gasteiger partial charge in [-0.3, -0.25) is 9.59 Å². The second kappa shape index (κ2) is 9.25. The topological polar surface area (TPSA) is 92.7 Å². The lowest BCUT2D eigenvalue weighted by molar-refractivity contribution is 0.102. The number of benzene rings is 2. The molecule has 9 heteroatoms. The van der Waals surface area contributed by atoms with Gasteiger partial charge in [-0.1, -0.05) is 0 Å². The van der Waals surface area contributed by atoms with Crippen molar-refractivity contribution in [2.75, 3.05) is 30.8 Å². The molecule has 1 aromatic heterocycles. The number of nitrogens with one attached hydrogen (secondary N) is 2. The van der Waals surface area contributed by atoms with E-state index in [4.69, 9.17) is 4.74 Å². The number of piperidine rings is 1. The second-order valence-corrected chi connectivity index (χ2v) is 8.91. The van der Waals surface area contributed by atoms with Crippen LogP contribution in [0.15, 0.2) is 65.5 Å². The van der Waals surface area contributed by atoms with E-state index in [0.29, 0.717) is 31.1 Å². The quantitative estimate of drug-likeness (QED) is 0.598. The third kappa shape index (κ3) is 4.62. The Bertz CT molecular complexity index is 1320. The lowest BCUT2D eigenvalue weighted by atomic mass is 9.83. The standard InChI is InChI=1S/C26H25FN4O4/c1-35-21-8-6-20(7-9-21)28-26(34)30-13-16-12-18(15-30)23-11-10-22(25(33)31(23)14-16)29-24(32)17-2-4-19(27)5-3-17/h2-11,16,18H,12-15H2,1H3,(H,28,34)(H,29,32)/t16-,18-/m1/s1. The maximum atomic E-state index is 13.2. The fraction of sp³-hybridized carbons (Fsp3) is 0.269. The Hall–Kier alpha value is -4.14. The highest BCUT2D eigenvalue weighted by Crippen LogP contribution is 2.35. The van der Waals surface area contributed by atoms with Crippen molar-refractivity contribution in [3.63, 3.8) is 0 Å². The zero-order valence-electron chi connectivity index (χ0n) is 19.2. The summed E-state index contributed by atoms with van der Waals surface area (Å²) in [4.78, 5) is 40.4. The zero-order chi connectivity index (χ0) is 24.5. The smallest absolute Gasteiger partial charge is 0.321 e. The lowest BCUT2D eigenvalue weighted by Crippen LogP contribution is -2.50. The van der Waals surface area contributed by atoms with Crippen LogP contribution in [0.25, 0.3) is 0 Å². The van der Waals surface area contributed by atoms with Crippen molar-refractivity contribution in [2.24, 2.45) is 5.92 Å². The van der Waals surface area contributed by atoms with E-state index in [2.05, 4.69) is 10.6 Å². The summed E-state index contributed by atoms with van der Waals surface area (Å²) in [6.45, 7) is 1.51. The Morgan fingerprint density at radius 1 is 0.943 bits per heavy atom. The van der Waals surface area contributed by atoms with Crippen molar-refractivity contribution in [2.45, 2.75) is 18.9 Å². The van der Waals surface area contributed by atoms with Gasteiger partial charge >= 0.3 is 6.03 Å². The summed E-state index contributed by atoms with van der Waals surface area (Å²) >= 11 is 0. The molecule has 2 aliphatic rings. The number of carbonyl (C=O) groups is 2. The molecule has 180 valence electrons. The molecule has 3 aromatic rings. The maximum absolute atomic E-state index is 13.2. The molecule has 0 aliphatic carbocycles. The number of amides is 3. The number of pyridine rings is 1. The molecule has 0 radical (unpaired) electrons. The van der Waals surface area contributed by atoms with Crippen LogP contribution in [0, 0.1) is 11.7 Å². The van der Waals surface area contributed by atoms with Gasteiger partial charge in [0.15, 0.2) is 0 Å². The van der Waals surface area contributed by atoms with Gasteiger partial charge in [0.2, 0.25) is 0 Å². The first-order valence-corrected chi connectivity index (χ1v) is 11.4. The van der Waals surface area contributed by atoms with Crippen LogP contribution in [0.1, 0.15) is 28.4 Å². The van der Waals surface area contributed by atoms with Crippen molar-refractivity contribution in [1.82, 2.24) is 9.47 Å². The number of likely N-dealkylation sites (tertiary alicyclic amines) is 1. The van der Waals surface area contributed by atoms with E-state index in [0.717, 1.165) is 12.1 Å². The van der Waals surface area contributed by atoms with E-state index < -0.39 is 11.7 Å². The molecule has 2 bridgehead atoms. The summed E-state index contributed by atoms with van der Waals surface area (Å²) in [6.07, 6.45) is 0.896. The number of urea groups is 1. The van der Waals surface area contributed by atoms with Gasteiger partial charge in [0.25, 0.3) is 11.5 Å². The number of hydrogen-bond donors (Lipinski definition) is 2. The van der Waals surface area contributed by atoms with Crippen LogP contribution in [0.5, 0.6) is 5.75 Å². The fourth-order valence-electron chi connectivity index (χ4n) is 4.88. The average molecular weight is 477 g/mol. The van der Waals surface area contributed by atoms with E-state index in [1.165, 1.54) is 24.3 Å². The SMILES string of the molecule is COc1ccc(NC(=O)N2C[C@H]3C[C@H](C2)c2ccc(NC(=O)c4ccc(F)cc4)c(=O)n2C3)cc1. The number of anilines is 2. The summed E-state index contributed by atoms with van der Waals surface area (Å²) in [5.74, 6) is -0.0400. The molecule has 35 heavy (non-hydrogen) atoms. The van der Waals surface area contributed by atoms with E-state index in [1.54, 1.807) is 46.9 Å². The molecule has 8 nitrogen and oxygen atoms in total. The molecule has 0 unspecified atom stereocenters. The number of halogens is 1. The van der Waals surface area contributed by atoms with Crippen molar-refractivity contribution >= 4 is 23.3 Å². The first-order chi connectivity index (χ1) is 16.9. The second-order valence-electron chi connectivity index (χ2n) is 8.91. The normalized spacial score (nSPS) is 18.4. The minimum absolute atomic E-state index is 0.0265. The molecule has 0 saturated carbocycles. The van der Waals surface area contributed by atoms with Crippen LogP contribution in [0.3, 0.4) is 0 Å². The Labute approximate surface area is 201 Å². The van der Waals surface area contributed by atoms with Gasteiger partial charge < -0.3 is 24.8 Å². The van der Waals surface area contributed by atoms with Gasteiger partial charge in [0.1, 0.15) is 17.3 Å².